The van der Waals surface area contributed by atoms with Gasteiger partial charge in [0.2, 0.25) is 11.6 Å². The van der Waals surface area contributed by atoms with Crippen molar-refractivity contribution in [2.24, 2.45) is 47.3 Å². The smallest absolute Gasteiger partial charge is 0.298 e. The number of hydrogen-bond acceptors (Lipinski definition) is 14. The van der Waals surface area contributed by atoms with Gasteiger partial charge in [0.05, 0.1) is 23.7 Å². The maximum Gasteiger partial charge on any atom is 0.345 e. The van der Waals surface area contributed by atoms with Gasteiger partial charge in [-0.15, -0.1) is 9.78 Å². The Morgan fingerprint density at radius 1 is 0.466 bits per heavy atom. The van der Waals surface area contributed by atoms with E-state index in [9.17, 15) is 19.2 Å². The molecule has 14 nitrogen and oxygen atoms in total. The first-order valence-electron chi connectivity index (χ1n) is 21.7. The zero-order valence-electron chi connectivity index (χ0n) is 39.4. The number of carbonyl (C=O) groups excluding carboxylic acids is 4. The fraction of sp³-hybridized carbons (Fsp3) is 0.909. The van der Waals surface area contributed by atoms with Gasteiger partial charge in [-0.25, -0.2) is 19.2 Å². The van der Waals surface area contributed by atoms with Crippen LogP contribution in [0.25, 0.3) is 0 Å². The standard InChI is InChI=1S/C44H82O14/c1-19-23-25-35(21-3)39(47)51-55-43(17,37(31(9)10)41(15,27-29(5)6)53-49-33(13)45)57-58-44(18,56-52-40(48)36(22-4)26-24-20-2)38(32(11)12)42(16,28-30(7)8)54-50-34(14)46/h29-32,35-38H,19-28H2,1-18H3. The summed E-state index contributed by atoms with van der Waals surface area (Å²) in [5.74, 6) is -9.90. The minimum atomic E-state index is -2.01. The lowest BCUT2D eigenvalue weighted by Crippen LogP contribution is -2.60. The second-order valence-electron chi connectivity index (χ2n) is 18.2. The molecule has 0 radical (unpaired) electrons. The van der Waals surface area contributed by atoms with Gasteiger partial charge < -0.3 is 0 Å². The number of carbonyl (C=O) groups is 4. The molecular weight excluding hydrogens is 752 g/mol. The van der Waals surface area contributed by atoms with Crippen LogP contribution >= 0.6 is 0 Å². The minimum Gasteiger partial charge on any atom is -0.298 e. The second kappa shape index (κ2) is 26.1. The molecule has 0 N–H and O–H groups in total. The summed E-state index contributed by atoms with van der Waals surface area (Å²) in [6.07, 6.45) is 6.32. The first-order chi connectivity index (χ1) is 26.8. The predicted octanol–water partition coefficient (Wildman–Crippen LogP) is 10.9. The molecule has 0 heterocycles. The molecule has 0 saturated heterocycles. The highest BCUT2D eigenvalue weighted by Crippen LogP contribution is 2.48. The topological polar surface area (TPSA) is 161 Å². The molecule has 0 aliphatic carbocycles. The van der Waals surface area contributed by atoms with E-state index < -0.39 is 70.3 Å². The van der Waals surface area contributed by atoms with E-state index in [4.69, 9.17) is 48.9 Å². The molecule has 8 atom stereocenters. The molecule has 0 amide bonds. The number of hydrogen-bond donors (Lipinski definition) is 0. The Morgan fingerprint density at radius 3 is 1.00 bits per heavy atom. The summed E-state index contributed by atoms with van der Waals surface area (Å²) < 4.78 is 0. The summed E-state index contributed by atoms with van der Waals surface area (Å²) in [6, 6.07) is 0. The third-order valence-corrected chi connectivity index (χ3v) is 10.5. The van der Waals surface area contributed by atoms with Crippen molar-refractivity contribution in [1.82, 2.24) is 0 Å². The first kappa shape index (κ1) is 55.6. The highest BCUT2D eigenvalue weighted by molar-refractivity contribution is 5.72. The average molecular weight is 835 g/mol. The Balaban J connectivity index is 7.81. The maximum absolute atomic E-state index is 13.6. The fourth-order valence-corrected chi connectivity index (χ4v) is 8.75. The normalized spacial score (nSPS) is 18.4. The van der Waals surface area contributed by atoms with Crippen LogP contribution in [-0.4, -0.2) is 46.7 Å². The Bertz CT molecular complexity index is 1130. The number of unbranched alkanes of at least 4 members (excludes halogenated alkanes) is 2. The first-order valence-corrected chi connectivity index (χ1v) is 21.7. The van der Waals surface area contributed by atoms with Gasteiger partial charge in [0.15, 0.2) is 0 Å². The van der Waals surface area contributed by atoms with Crippen molar-refractivity contribution in [3.8, 4) is 0 Å². The van der Waals surface area contributed by atoms with Gasteiger partial charge in [-0.1, -0.05) is 109 Å². The van der Waals surface area contributed by atoms with Gasteiger partial charge in [0.1, 0.15) is 11.2 Å². The monoisotopic (exact) mass is 835 g/mol. The highest BCUT2D eigenvalue weighted by atomic mass is 17.4. The van der Waals surface area contributed by atoms with E-state index in [-0.39, 0.29) is 23.7 Å². The largest absolute Gasteiger partial charge is 0.345 e. The van der Waals surface area contributed by atoms with Gasteiger partial charge in [-0.2, -0.15) is 19.6 Å². The lowest BCUT2D eigenvalue weighted by molar-refractivity contribution is -0.590. The SMILES string of the molecule is CCCCC(CC)C(=O)OOC(C)(OOC(C)(OOC(=O)C(CC)CCCC)C(C(C)C)C(C)(CC(C)C)OOC(C)=O)C(C(C)C)C(C)(CC(C)C)OOC(C)=O. The molecule has 342 valence electrons. The van der Waals surface area contributed by atoms with Gasteiger partial charge in [0, 0.05) is 13.8 Å². The van der Waals surface area contributed by atoms with Crippen molar-refractivity contribution in [3.63, 3.8) is 0 Å². The second-order valence-corrected chi connectivity index (χ2v) is 18.2. The van der Waals surface area contributed by atoms with E-state index in [0.29, 0.717) is 38.5 Å². The van der Waals surface area contributed by atoms with Crippen molar-refractivity contribution in [2.75, 3.05) is 0 Å². The van der Waals surface area contributed by atoms with Crippen molar-refractivity contribution in [1.29, 1.82) is 0 Å². The van der Waals surface area contributed by atoms with Gasteiger partial charge >= 0.3 is 23.9 Å². The molecule has 0 aromatic carbocycles. The summed E-state index contributed by atoms with van der Waals surface area (Å²) in [5.41, 5.74) is -2.63. The van der Waals surface area contributed by atoms with Crippen LogP contribution in [0.15, 0.2) is 0 Å². The van der Waals surface area contributed by atoms with E-state index in [2.05, 4.69) is 0 Å². The van der Waals surface area contributed by atoms with Crippen LogP contribution in [0.3, 0.4) is 0 Å². The lowest BCUT2D eigenvalue weighted by atomic mass is 9.72. The van der Waals surface area contributed by atoms with Crippen LogP contribution in [0.5, 0.6) is 0 Å². The molecule has 0 spiro atoms. The third kappa shape index (κ3) is 18.1. The Morgan fingerprint density at radius 2 is 0.776 bits per heavy atom. The Hall–Kier alpha value is -2.36. The van der Waals surface area contributed by atoms with Gasteiger partial charge in [0.25, 0.3) is 0 Å². The maximum atomic E-state index is 13.6. The van der Waals surface area contributed by atoms with Crippen molar-refractivity contribution in [2.45, 2.75) is 212 Å². The molecule has 8 unspecified atom stereocenters. The molecule has 0 aliphatic rings. The summed E-state index contributed by atoms with van der Waals surface area (Å²) in [6.45, 7) is 32.4. The molecule has 0 rings (SSSR count). The van der Waals surface area contributed by atoms with Gasteiger partial charge in [-0.3, -0.25) is 19.6 Å². The van der Waals surface area contributed by atoms with E-state index in [1.807, 2.05) is 83.1 Å². The Kier molecular flexibility index (Phi) is 25.0. The molecule has 0 saturated carbocycles. The molecule has 58 heavy (non-hydrogen) atoms. The summed E-state index contributed by atoms with van der Waals surface area (Å²) in [5, 5.41) is 0. The van der Waals surface area contributed by atoms with Crippen molar-refractivity contribution in [3.05, 3.63) is 0 Å². The summed E-state index contributed by atoms with van der Waals surface area (Å²) in [7, 11) is 0. The molecule has 0 fully saturated rings. The Labute approximate surface area is 350 Å². The van der Waals surface area contributed by atoms with Crippen molar-refractivity contribution < 1.29 is 68.1 Å². The van der Waals surface area contributed by atoms with E-state index in [0.717, 1.165) is 25.7 Å². The molecule has 14 heteroatoms. The van der Waals surface area contributed by atoms with E-state index in [1.54, 1.807) is 13.8 Å². The average Bonchev–Trinajstić information content (AvgIpc) is 3.10. The third-order valence-electron chi connectivity index (χ3n) is 10.5. The quantitative estimate of drug-likeness (QED) is 0.0368. The lowest BCUT2D eigenvalue weighted by Gasteiger charge is -2.49. The van der Waals surface area contributed by atoms with Crippen LogP contribution in [0.2, 0.25) is 0 Å². The minimum absolute atomic E-state index is 0.0146. The molecule has 0 aromatic rings. The highest BCUT2D eigenvalue weighted by Gasteiger charge is 2.59. The number of rotatable bonds is 31. The van der Waals surface area contributed by atoms with Crippen molar-refractivity contribution >= 4 is 23.9 Å². The van der Waals surface area contributed by atoms with Crippen LogP contribution in [0.1, 0.15) is 189 Å². The van der Waals surface area contributed by atoms with Crippen LogP contribution in [0.4, 0.5) is 0 Å². The van der Waals surface area contributed by atoms with Crippen LogP contribution < -0.4 is 0 Å². The predicted molar refractivity (Wildman–Crippen MR) is 218 cm³/mol. The van der Waals surface area contributed by atoms with Gasteiger partial charge in [-0.05, 0) is 89.9 Å². The fourth-order valence-electron chi connectivity index (χ4n) is 8.75. The zero-order valence-corrected chi connectivity index (χ0v) is 39.4. The molecular formula is C44H82O14. The van der Waals surface area contributed by atoms with Crippen LogP contribution in [-0.2, 0) is 68.1 Å². The molecule has 0 aromatic heterocycles. The van der Waals surface area contributed by atoms with Crippen LogP contribution in [0, 0.1) is 47.3 Å². The van der Waals surface area contributed by atoms with E-state index >= 15 is 0 Å². The molecule has 0 aliphatic heterocycles. The summed E-state index contributed by atoms with van der Waals surface area (Å²) >= 11 is 0. The molecule has 0 bridgehead atoms. The summed E-state index contributed by atoms with van der Waals surface area (Å²) in [4.78, 5) is 110. The van der Waals surface area contributed by atoms with E-state index in [1.165, 1.54) is 27.7 Å². The zero-order chi connectivity index (χ0) is 45.1.